The van der Waals surface area contributed by atoms with Crippen LogP contribution < -0.4 is 14.8 Å². The molecule has 0 unspecified atom stereocenters. The first kappa shape index (κ1) is 18.9. The molecule has 0 bridgehead atoms. The van der Waals surface area contributed by atoms with Gasteiger partial charge in [0.05, 0.1) is 5.69 Å². The Bertz CT molecular complexity index is 1070. The number of anilines is 1. The SMILES string of the molecule is Cc1cc(C)n(-c2cc(NC(=O)COc3cccc4c3OC(C)(C)C4)ncn2)n1. The maximum Gasteiger partial charge on any atom is 0.263 e. The van der Waals surface area contributed by atoms with Crippen molar-refractivity contribution < 1.29 is 14.3 Å². The van der Waals surface area contributed by atoms with Crippen LogP contribution in [-0.4, -0.2) is 37.9 Å². The lowest BCUT2D eigenvalue weighted by atomic mass is 10.0. The summed E-state index contributed by atoms with van der Waals surface area (Å²) in [6.45, 7) is 7.75. The molecule has 0 radical (unpaired) electrons. The van der Waals surface area contributed by atoms with E-state index < -0.39 is 0 Å². The second-order valence-corrected chi connectivity index (χ2v) is 7.72. The zero-order chi connectivity index (χ0) is 20.6. The number of rotatable bonds is 5. The van der Waals surface area contributed by atoms with Gasteiger partial charge in [0.25, 0.3) is 5.91 Å². The van der Waals surface area contributed by atoms with Crippen LogP contribution in [-0.2, 0) is 11.2 Å². The summed E-state index contributed by atoms with van der Waals surface area (Å²) in [5.74, 6) is 1.91. The number of benzene rings is 1. The molecular weight excluding hydrogens is 370 g/mol. The number of hydrogen-bond donors (Lipinski definition) is 1. The second kappa shape index (κ2) is 7.20. The maximum atomic E-state index is 12.4. The Kier molecular flexibility index (Phi) is 4.70. The fourth-order valence-electron chi connectivity index (χ4n) is 3.42. The molecule has 0 atom stereocenters. The van der Waals surface area contributed by atoms with Gasteiger partial charge in [-0.3, -0.25) is 4.79 Å². The molecule has 0 saturated heterocycles. The van der Waals surface area contributed by atoms with Gasteiger partial charge in [0.2, 0.25) is 0 Å². The smallest absolute Gasteiger partial charge is 0.263 e. The van der Waals surface area contributed by atoms with E-state index in [1.54, 1.807) is 16.8 Å². The van der Waals surface area contributed by atoms with E-state index in [1.165, 1.54) is 6.33 Å². The van der Waals surface area contributed by atoms with Gasteiger partial charge >= 0.3 is 0 Å². The van der Waals surface area contributed by atoms with E-state index >= 15 is 0 Å². The van der Waals surface area contributed by atoms with Gasteiger partial charge in [0.1, 0.15) is 17.7 Å². The van der Waals surface area contributed by atoms with Gasteiger partial charge in [-0.25, -0.2) is 14.6 Å². The van der Waals surface area contributed by atoms with Gasteiger partial charge in [-0.15, -0.1) is 0 Å². The number of fused-ring (bicyclic) bond motifs is 1. The largest absolute Gasteiger partial charge is 0.483 e. The summed E-state index contributed by atoms with van der Waals surface area (Å²) in [5.41, 5.74) is 2.64. The number of aromatic nitrogens is 4. The van der Waals surface area contributed by atoms with Gasteiger partial charge in [0.15, 0.2) is 23.9 Å². The van der Waals surface area contributed by atoms with Crippen LogP contribution in [0.4, 0.5) is 5.82 Å². The van der Waals surface area contributed by atoms with E-state index in [4.69, 9.17) is 9.47 Å². The van der Waals surface area contributed by atoms with E-state index in [1.807, 2.05) is 45.9 Å². The number of nitrogens with zero attached hydrogens (tertiary/aromatic N) is 4. The highest BCUT2D eigenvalue weighted by atomic mass is 16.5. The van der Waals surface area contributed by atoms with Gasteiger partial charge < -0.3 is 14.8 Å². The van der Waals surface area contributed by atoms with E-state index in [2.05, 4.69) is 20.4 Å². The predicted molar refractivity (Wildman–Crippen MR) is 108 cm³/mol. The van der Waals surface area contributed by atoms with E-state index in [0.717, 1.165) is 23.4 Å². The summed E-state index contributed by atoms with van der Waals surface area (Å²) < 4.78 is 13.4. The molecule has 1 aromatic carbocycles. The highest BCUT2D eigenvalue weighted by Crippen LogP contribution is 2.41. The molecule has 0 aliphatic carbocycles. The quantitative estimate of drug-likeness (QED) is 0.717. The Morgan fingerprint density at radius 2 is 2.10 bits per heavy atom. The average Bonchev–Trinajstić information content (AvgIpc) is 3.16. The van der Waals surface area contributed by atoms with Crippen LogP contribution in [0, 0.1) is 13.8 Å². The van der Waals surface area contributed by atoms with Gasteiger partial charge in [-0.2, -0.15) is 5.10 Å². The Labute approximate surface area is 168 Å². The number of para-hydroxylation sites is 1. The molecule has 3 aromatic rings. The molecule has 1 amide bonds. The van der Waals surface area contributed by atoms with Crippen LogP contribution in [0.3, 0.4) is 0 Å². The minimum absolute atomic E-state index is 0.153. The predicted octanol–water partition coefficient (Wildman–Crippen LogP) is 3.01. The summed E-state index contributed by atoms with van der Waals surface area (Å²) >= 11 is 0. The van der Waals surface area contributed by atoms with Crippen LogP contribution in [0.15, 0.2) is 36.7 Å². The van der Waals surface area contributed by atoms with Crippen molar-refractivity contribution in [2.45, 2.75) is 39.7 Å². The summed E-state index contributed by atoms with van der Waals surface area (Å²) in [5, 5.41) is 7.13. The molecule has 0 saturated carbocycles. The van der Waals surface area contributed by atoms with E-state index in [9.17, 15) is 4.79 Å². The average molecular weight is 393 g/mol. The second-order valence-electron chi connectivity index (χ2n) is 7.72. The maximum absolute atomic E-state index is 12.4. The zero-order valence-electron chi connectivity index (χ0n) is 16.9. The Balaban J connectivity index is 1.42. The molecule has 150 valence electrons. The highest BCUT2D eigenvalue weighted by Gasteiger charge is 2.32. The summed E-state index contributed by atoms with van der Waals surface area (Å²) in [6, 6.07) is 9.35. The molecule has 2 aromatic heterocycles. The van der Waals surface area contributed by atoms with Gasteiger partial charge in [0, 0.05) is 23.7 Å². The molecule has 29 heavy (non-hydrogen) atoms. The highest BCUT2D eigenvalue weighted by molar-refractivity contribution is 5.91. The van der Waals surface area contributed by atoms with Crippen molar-refractivity contribution in [3.8, 4) is 17.3 Å². The molecule has 0 spiro atoms. The Morgan fingerprint density at radius 3 is 2.86 bits per heavy atom. The lowest BCUT2D eigenvalue weighted by Crippen LogP contribution is -2.25. The monoisotopic (exact) mass is 393 g/mol. The van der Waals surface area contributed by atoms with Crippen LogP contribution in [0.5, 0.6) is 11.5 Å². The number of hydrogen-bond acceptors (Lipinski definition) is 6. The molecule has 8 heteroatoms. The van der Waals surface area contributed by atoms with Crippen molar-refractivity contribution in [1.29, 1.82) is 0 Å². The zero-order valence-corrected chi connectivity index (χ0v) is 16.9. The molecule has 0 fully saturated rings. The summed E-state index contributed by atoms with van der Waals surface area (Å²) in [4.78, 5) is 20.7. The third-order valence-electron chi connectivity index (χ3n) is 4.56. The number of carbonyl (C=O) groups excluding carboxylic acids is 1. The molecule has 1 aliphatic rings. The minimum atomic E-state index is -0.321. The minimum Gasteiger partial charge on any atom is -0.483 e. The van der Waals surface area contributed by atoms with Crippen molar-refractivity contribution in [3.63, 3.8) is 0 Å². The van der Waals surface area contributed by atoms with Crippen molar-refractivity contribution in [2.24, 2.45) is 0 Å². The van der Waals surface area contributed by atoms with Crippen LogP contribution in [0.1, 0.15) is 30.8 Å². The fraction of sp³-hybridized carbons (Fsp3) is 0.333. The van der Waals surface area contributed by atoms with Crippen LogP contribution in [0.25, 0.3) is 5.82 Å². The lowest BCUT2D eigenvalue weighted by Gasteiger charge is -2.18. The fourth-order valence-corrected chi connectivity index (χ4v) is 3.42. The molecule has 8 nitrogen and oxygen atoms in total. The van der Waals surface area contributed by atoms with Crippen molar-refractivity contribution in [2.75, 3.05) is 11.9 Å². The van der Waals surface area contributed by atoms with Crippen molar-refractivity contribution >= 4 is 11.7 Å². The van der Waals surface area contributed by atoms with Crippen LogP contribution in [0.2, 0.25) is 0 Å². The lowest BCUT2D eigenvalue weighted by molar-refractivity contribution is -0.118. The van der Waals surface area contributed by atoms with Crippen molar-refractivity contribution in [1.82, 2.24) is 19.7 Å². The number of aryl methyl sites for hydroxylation is 2. The summed E-state index contributed by atoms with van der Waals surface area (Å²) in [7, 11) is 0. The first-order valence-corrected chi connectivity index (χ1v) is 9.40. The molecule has 4 rings (SSSR count). The third kappa shape index (κ3) is 4.06. The summed E-state index contributed by atoms with van der Waals surface area (Å²) in [6.07, 6.45) is 2.20. The molecule has 1 aliphatic heterocycles. The Morgan fingerprint density at radius 1 is 1.28 bits per heavy atom. The molecule has 1 N–H and O–H groups in total. The topological polar surface area (TPSA) is 91.2 Å². The number of amides is 1. The van der Waals surface area contributed by atoms with Gasteiger partial charge in [-0.1, -0.05) is 12.1 Å². The Hall–Kier alpha value is -3.42. The standard InChI is InChI=1S/C21H23N5O3/c1-13-8-14(2)26(25-13)18-9-17(22-12-23-18)24-19(27)11-28-16-7-5-6-15-10-21(3,4)29-20(15)16/h5-9,12H,10-11H2,1-4H3,(H,22,23,24,27). The number of nitrogens with one attached hydrogen (secondary N) is 1. The van der Waals surface area contributed by atoms with Crippen LogP contribution >= 0.6 is 0 Å². The third-order valence-corrected chi connectivity index (χ3v) is 4.56. The number of ether oxygens (including phenoxy) is 2. The van der Waals surface area contributed by atoms with E-state index in [-0.39, 0.29) is 18.1 Å². The normalized spacial score (nSPS) is 14.2. The number of carbonyl (C=O) groups is 1. The molecular formula is C21H23N5O3. The first-order valence-electron chi connectivity index (χ1n) is 9.40. The van der Waals surface area contributed by atoms with E-state index in [0.29, 0.717) is 23.1 Å². The first-order chi connectivity index (χ1) is 13.8. The van der Waals surface area contributed by atoms with Gasteiger partial charge in [-0.05, 0) is 39.8 Å². The van der Waals surface area contributed by atoms with Crippen molar-refractivity contribution in [3.05, 3.63) is 53.6 Å². The molecule has 3 heterocycles.